The second-order valence-electron chi connectivity index (χ2n) is 7.03. The van der Waals surface area contributed by atoms with Crippen LogP contribution in [0, 0.1) is 11.3 Å². The van der Waals surface area contributed by atoms with Crippen molar-refractivity contribution in [2.24, 2.45) is 4.99 Å². The summed E-state index contributed by atoms with van der Waals surface area (Å²) in [5.41, 5.74) is 2.62. The van der Waals surface area contributed by atoms with E-state index in [0.717, 1.165) is 43.0 Å². The Bertz CT molecular complexity index is 643. The Balaban J connectivity index is 2.42. The Hall–Kier alpha value is -2.02. The van der Waals surface area contributed by atoms with Gasteiger partial charge >= 0.3 is 0 Å². The molecular formula is C20H29N3O. The number of hydrogen-bond donors (Lipinski definition) is 0. The van der Waals surface area contributed by atoms with Crippen LogP contribution in [0.3, 0.4) is 0 Å². The lowest BCUT2D eigenvalue weighted by Crippen LogP contribution is -2.48. The molecule has 0 N–H and O–H groups in total. The van der Waals surface area contributed by atoms with Crippen molar-refractivity contribution in [3.05, 3.63) is 29.3 Å². The molecule has 0 aliphatic carbocycles. The van der Waals surface area contributed by atoms with Gasteiger partial charge in [0.15, 0.2) is 0 Å². The third-order valence-corrected chi connectivity index (χ3v) is 4.68. The molecule has 1 unspecified atom stereocenters. The van der Waals surface area contributed by atoms with Crippen LogP contribution < -0.4 is 0 Å². The number of ether oxygens (including phenoxy) is 1. The first-order valence-corrected chi connectivity index (χ1v) is 9.00. The van der Waals surface area contributed by atoms with Gasteiger partial charge in [-0.3, -0.25) is 0 Å². The number of amidine groups is 1. The van der Waals surface area contributed by atoms with Crippen LogP contribution in [-0.2, 0) is 11.2 Å². The minimum Gasteiger partial charge on any atom is -0.462 e. The van der Waals surface area contributed by atoms with Crippen LogP contribution in [-0.4, -0.2) is 29.1 Å². The number of nitriles is 1. The zero-order valence-electron chi connectivity index (χ0n) is 15.6. The van der Waals surface area contributed by atoms with Gasteiger partial charge in [0.2, 0.25) is 0 Å². The maximum Gasteiger partial charge on any atom is 0.293 e. The summed E-state index contributed by atoms with van der Waals surface area (Å²) in [6.07, 6.45) is 4.20. The maximum atomic E-state index is 9.09. The standard InChI is InChI=1S/C20H29N3O/c1-6-9-17(8-3)23-19(24-14-20(23,4)5)22-18-11-10-15(13-21)12-16(18)7-2/h10-12,17H,6-9,14H2,1-5H3. The van der Waals surface area contributed by atoms with E-state index in [9.17, 15) is 0 Å². The molecule has 1 aliphatic heterocycles. The molecule has 130 valence electrons. The molecule has 0 saturated carbocycles. The predicted molar refractivity (Wildman–Crippen MR) is 98.5 cm³/mol. The van der Waals surface area contributed by atoms with Gasteiger partial charge in [-0.05, 0) is 56.9 Å². The molecule has 1 saturated heterocycles. The molecule has 4 heteroatoms. The van der Waals surface area contributed by atoms with Crippen molar-refractivity contribution in [1.82, 2.24) is 4.90 Å². The second-order valence-corrected chi connectivity index (χ2v) is 7.03. The number of aryl methyl sites for hydroxylation is 1. The van der Waals surface area contributed by atoms with Gasteiger partial charge in [-0.25, -0.2) is 0 Å². The molecule has 0 radical (unpaired) electrons. The highest BCUT2D eigenvalue weighted by molar-refractivity contribution is 5.81. The van der Waals surface area contributed by atoms with Crippen molar-refractivity contribution in [3.8, 4) is 6.07 Å². The Morgan fingerprint density at radius 1 is 1.33 bits per heavy atom. The van der Waals surface area contributed by atoms with Gasteiger partial charge in [0.25, 0.3) is 6.02 Å². The Kier molecular flexibility index (Phi) is 5.88. The fourth-order valence-electron chi connectivity index (χ4n) is 3.38. The van der Waals surface area contributed by atoms with E-state index in [1.807, 2.05) is 18.2 Å². The molecule has 1 aromatic carbocycles. The molecule has 0 spiro atoms. The van der Waals surface area contributed by atoms with Crippen LogP contribution in [0.1, 0.15) is 65.0 Å². The van der Waals surface area contributed by atoms with Crippen LogP contribution in [0.25, 0.3) is 0 Å². The predicted octanol–water partition coefficient (Wildman–Crippen LogP) is 4.80. The maximum absolute atomic E-state index is 9.09. The molecule has 2 rings (SSSR count). The third-order valence-electron chi connectivity index (χ3n) is 4.68. The molecule has 0 amide bonds. The minimum absolute atomic E-state index is 0.0480. The van der Waals surface area contributed by atoms with Crippen LogP contribution in [0.15, 0.2) is 23.2 Å². The van der Waals surface area contributed by atoms with E-state index in [4.69, 9.17) is 15.0 Å². The molecular weight excluding hydrogens is 298 g/mol. The van der Waals surface area contributed by atoms with Crippen molar-refractivity contribution >= 4 is 11.7 Å². The zero-order valence-corrected chi connectivity index (χ0v) is 15.6. The Labute approximate surface area is 146 Å². The minimum atomic E-state index is -0.0480. The first kappa shape index (κ1) is 18.3. The SMILES string of the molecule is CCCC(CC)N1C(=Nc2ccc(C#N)cc2CC)OCC1(C)C. The lowest BCUT2D eigenvalue weighted by atomic mass is 9.99. The van der Waals surface area contributed by atoms with Gasteiger partial charge in [0, 0.05) is 6.04 Å². The summed E-state index contributed by atoms with van der Waals surface area (Å²) in [5, 5.41) is 9.09. The van der Waals surface area contributed by atoms with Crippen molar-refractivity contribution in [2.45, 2.75) is 71.9 Å². The van der Waals surface area contributed by atoms with Gasteiger partial charge in [-0.1, -0.05) is 27.2 Å². The number of benzene rings is 1. The van der Waals surface area contributed by atoms with Crippen LogP contribution in [0.4, 0.5) is 5.69 Å². The average molecular weight is 327 g/mol. The van der Waals surface area contributed by atoms with E-state index in [0.29, 0.717) is 18.2 Å². The molecule has 0 bridgehead atoms. The second kappa shape index (κ2) is 7.70. The summed E-state index contributed by atoms with van der Waals surface area (Å²) in [4.78, 5) is 7.20. The van der Waals surface area contributed by atoms with E-state index >= 15 is 0 Å². The third kappa shape index (κ3) is 3.72. The normalized spacial score (nSPS) is 19.2. The molecule has 1 heterocycles. The van der Waals surface area contributed by atoms with Gasteiger partial charge in [0.05, 0.1) is 22.9 Å². The zero-order chi connectivity index (χ0) is 17.7. The number of nitrogens with zero attached hydrogens (tertiary/aromatic N) is 3. The molecule has 1 aromatic rings. The van der Waals surface area contributed by atoms with Crippen LogP contribution in [0.5, 0.6) is 0 Å². The van der Waals surface area contributed by atoms with Crippen LogP contribution in [0.2, 0.25) is 0 Å². The number of aliphatic imine (C=N–C) groups is 1. The Morgan fingerprint density at radius 2 is 2.08 bits per heavy atom. The quantitative estimate of drug-likeness (QED) is 0.754. The van der Waals surface area contributed by atoms with Crippen molar-refractivity contribution in [2.75, 3.05) is 6.61 Å². The number of rotatable bonds is 6. The largest absolute Gasteiger partial charge is 0.462 e. The monoisotopic (exact) mass is 327 g/mol. The summed E-state index contributed by atoms with van der Waals surface area (Å²) in [6, 6.07) is 9.04. The van der Waals surface area contributed by atoms with E-state index < -0.39 is 0 Å². The molecule has 1 aliphatic rings. The highest BCUT2D eigenvalue weighted by Gasteiger charge is 2.41. The first-order chi connectivity index (χ1) is 11.5. The fraction of sp³-hybridized carbons (Fsp3) is 0.600. The highest BCUT2D eigenvalue weighted by Crippen LogP contribution is 2.32. The first-order valence-electron chi connectivity index (χ1n) is 9.00. The van der Waals surface area contributed by atoms with E-state index in [2.05, 4.69) is 45.6 Å². The lowest BCUT2D eigenvalue weighted by Gasteiger charge is -2.36. The van der Waals surface area contributed by atoms with Crippen LogP contribution >= 0.6 is 0 Å². The topological polar surface area (TPSA) is 48.6 Å². The fourth-order valence-corrected chi connectivity index (χ4v) is 3.38. The van der Waals surface area contributed by atoms with Crippen molar-refractivity contribution in [1.29, 1.82) is 5.26 Å². The van der Waals surface area contributed by atoms with E-state index in [1.54, 1.807) is 0 Å². The van der Waals surface area contributed by atoms with E-state index in [1.165, 1.54) is 0 Å². The summed E-state index contributed by atoms with van der Waals surface area (Å²) in [7, 11) is 0. The molecule has 0 aromatic heterocycles. The lowest BCUT2D eigenvalue weighted by molar-refractivity contribution is 0.167. The molecule has 1 atom stereocenters. The summed E-state index contributed by atoms with van der Waals surface area (Å²) < 4.78 is 5.98. The average Bonchev–Trinajstić information content (AvgIpc) is 2.87. The summed E-state index contributed by atoms with van der Waals surface area (Å²) in [6.45, 7) is 11.6. The highest BCUT2D eigenvalue weighted by atomic mass is 16.5. The molecule has 1 fully saturated rings. The Morgan fingerprint density at radius 3 is 2.67 bits per heavy atom. The molecule has 4 nitrogen and oxygen atoms in total. The van der Waals surface area contributed by atoms with Crippen molar-refractivity contribution < 1.29 is 4.74 Å². The van der Waals surface area contributed by atoms with E-state index in [-0.39, 0.29) is 5.54 Å². The van der Waals surface area contributed by atoms with Gasteiger partial charge < -0.3 is 9.64 Å². The van der Waals surface area contributed by atoms with Gasteiger partial charge in [0.1, 0.15) is 6.61 Å². The number of hydrogen-bond acceptors (Lipinski definition) is 3. The smallest absolute Gasteiger partial charge is 0.293 e. The van der Waals surface area contributed by atoms with Gasteiger partial charge in [-0.2, -0.15) is 10.3 Å². The summed E-state index contributed by atoms with van der Waals surface area (Å²) >= 11 is 0. The van der Waals surface area contributed by atoms with Gasteiger partial charge in [-0.15, -0.1) is 0 Å². The van der Waals surface area contributed by atoms with Crippen molar-refractivity contribution in [3.63, 3.8) is 0 Å². The molecule has 24 heavy (non-hydrogen) atoms. The summed E-state index contributed by atoms with van der Waals surface area (Å²) in [5.74, 6) is 0.